The first kappa shape index (κ1) is 20.2. The number of rotatable bonds is 9. The Morgan fingerprint density at radius 2 is 1.96 bits per heavy atom. The zero-order chi connectivity index (χ0) is 19.1. The summed E-state index contributed by atoms with van der Waals surface area (Å²) in [7, 11) is 0. The Morgan fingerprint density at radius 1 is 1.22 bits per heavy atom. The fourth-order valence-electron chi connectivity index (χ4n) is 3.62. The molecule has 0 aliphatic heterocycles. The van der Waals surface area contributed by atoms with Gasteiger partial charge in [-0.3, -0.25) is 4.79 Å². The molecule has 2 aromatic rings. The van der Waals surface area contributed by atoms with Crippen LogP contribution in [0.5, 0.6) is 0 Å². The molecule has 146 valence electrons. The van der Waals surface area contributed by atoms with Gasteiger partial charge >= 0.3 is 0 Å². The molecule has 3 rings (SSSR count). The van der Waals surface area contributed by atoms with E-state index in [0.717, 1.165) is 40.8 Å². The fourth-order valence-corrected chi connectivity index (χ4v) is 4.32. The van der Waals surface area contributed by atoms with Crippen LogP contribution in [0.15, 0.2) is 29.4 Å². The van der Waals surface area contributed by atoms with Crippen molar-refractivity contribution in [2.75, 3.05) is 12.8 Å². The highest BCUT2D eigenvalue weighted by atomic mass is 35.5. The summed E-state index contributed by atoms with van der Waals surface area (Å²) in [6, 6.07) is 8.20. The minimum absolute atomic E-state index is 0.0898. The molecular weight excluding hydrogens is 380 g/mol. The molecule has 1 fully saturated rings. The second-order valence-electron chi connectivity index (χ2n) is 6.99. The van der Waals surface area contributed by atoms with Gasteiger partial charge in [-0.15, -0.1) is 10.2 Å². The number of benzene rings is 1. The molecule has 1 N–H and O–H groups in total. The van der Waals surface area contributed by atoms with Gasteiger partial charge in [-0.25, -0.2) is 0 Å². The first-order valence-corrected chi connectivity index (χ1v) is 11.3. The van der Waals surface area contributed by atoms with Gasteiger partial charge in [0.2, 0.25) is 5.91 Å². The van der Waals surface area contributed by atoms with Crippen molar-refractivity contribution >= 4 is 29.3 Å². The lowest BCUT2D eigenvalue weighted by Crippen LogP contribution is -2.25. The smallest absolute Gasteiger partial charge is 0.220 e. The number of carbonyl (C=O) groups is 1. The van der Waals surface area contributed by atoms with Gasteiger partial charge in [-0.2, -0.15) is 0 Å². The van der Waals surface area contributed by atoms with E-state index in [1.807, 2.05) is 24.3 Å². The normalized spacial score (nSPS) is 14.6. The number of nitrogens with zero attached hydrogens (tertiary/aromatic N) is 3. The van der Waals surface area contributed by atoms with E-state index in [1.165, 1.54) is 25.7 Å². The molecule has 0 saturated heterocycles. The molecule has 27 heavy (non-hydrogen) atoms. The third-order valence-electron chi connectivity index (χ3n) is 5.06. The lowest BCUT2D eigenvalue weighted by atomic mass is 10.1. The van der Waals surface area contributed by atoms with Crippen LogP contribution in [0.1, 0.15) is 56.0 Å². The molecule has 0 spiro atoms. The molecule has 1 aromatic carbocycles. The zero-order valence-electron chi connectivity index (χ0n) is 15.8. The topological polar surface area (TPSA) is 59.8 Å². The van der Waals surface area contributed by atoms with Crippen LogP contribution in [0.25, 0.3) is 0 Å². The van der Waals surface area contributed by atoms with Crippen LogP contribution in [-0.4, -0.2) is 33.5 Å². The van der Waals surface area contributed by atoms with Crippen LogP contribution in [0.3, 0.4) is 0 Å². The Kier molecular flexibility index (Phi) is 7.59. The second kappa shape index (κ2) is 10.1. The molecule has 1 heterocycles. The van der Waals surface area contributed by atoms with Crippen molar-refractivity contribution < 1.29 is 4.79 Å². The highest BCUT2D eigenvalue weighted by Crippen LogP contribution is 2.33. The third kappa shape index (κ3) is 5.72. The van der Waals surface area contributed by atoms with Crippen LogP contribution < -0.4 is 5.32 Å². The van der Waals surface area contributed by atoms with Gasteiger partial charge in [-0.05, 0) is 49.6 Å². The van der Waals surface area contributed by atoms with E-state index in [9.17, 15) is 4.79 Å². The van der Waals surface area contributed by atoms with Crippen molar-refractivity contribution in [2.24, 2.45) is 0 Å². The van der Waals surface area contributed by atoms with Crippen molar-refractivity contribution in [1.29, 1.82) is 0 Å². The minimum atomic E-state index is 0.0898. The number of halogens is 1. The number of aryl methyl sites for hydroxylation is 2. The zero-order valence-corrected chi connectivity index (χ0v) is 17.4. The van der Waals surface area contributed by atoms with Crippen molar-refractivity contribution in [3.05, 3.63) is 40.7 Å². The summed E-state index contributed by atoms with van der Waals surface area (Å²) in [4.78, 5) is 12.0. The van der Waals surface area contributed by atoms with E-state index in [2.05, 4.69) is 26.3 Å². The number of carbonyl (C=O) groups excluding carboxylic acids is 1. The van der Waals surface area contributed by atoms with E-state index < -0.39 is 0 Å². The number of amides is 1. The van der Waals surface area contributed by atoms with Crippen molar-refractivity contribution in [2.45, 2.75) is 62.6 Å². The maximum Gasteiger partial charge on any atom is 0.220 e. The van der Waals surface area contributed by atoms with Crippen molar-refractivity contribution in [3.63, 3.8) is 0 Å². The Morgan fingerprint density at radius 3 is 2.67 bits per heavy atom. The predicted molar refractivity (Wildman–Crippen MR) is 110 cm³/mol. The van der Waals surface area contributed by atoms with Crippen molar-refractivity contribution in [1.82, 2.24) is 20.1 Å². The van der Waals surface area contributed by atoms with Gasteiger partial charge in [0, 0.05) is 30.5 Å². The summed E-state index contributed by atoms with van der Waals surface area (Å²) >= 11 is 7.54. The van der Waals surface area contributed by atoms with Gasteiger partial charge in [-0.1, -0.05) is 48.3 Å². The van der Waals surface area contributed by atoms with Gasteiger partial charge in [0.15, 0.2) is 5.16 Å². The summed E-state index contributed by atoms with van der Waals surface area (Å²) in [6.45, 7) is 0.672. The Balaban J connectivity index is 1.41. The molecule has 1 aliphatic carbocycles. The molecule has 1 amide bonds. The lowest BCUT2D eigenvalue weighted by molar-refractivity contribution is -0.121. The lowest BCUT2D eigenvalue weighted by Gasteiger charge is -2.16. The Labute approximate surface area is 170 Å². The summed E-state index contributed by atoms with van der Waals surface area (Å²) in [5.41, 5.74) is 1.13. The SMILES string of the molecule is CSc1nnc(CCCNC(=O)CCc2ccc(Cl)cc2)n1C1CCCC1. The third-order valence-corrected chi connectivity index (χ3v) is 5.96. The monoisotopic (exact) mass is 406 g/mol. The Bertz CT molecular complexity index is 741. The first-order chi connectivity index (χ1) is 13.2. The quantitative estimate of drug-likeness (QED) is 0.493. The molecule has 0 radical (unpaired) electrons. The average molecular weight is 407 g/mol. The Hall–Kier alpha value is -1.53. The van der Waals surface area contributed by atoms with Crippen LogP contribution >= 0.6 is 23.4 Å². The molecule has 1 aliphatic rings. The summed E-state index contributed by atoms with van der Waals surface area (Å²) in [5.74, 6) is 1.15. The molecule has 0 atom stereocenters. The molecule has 0 bridgehead atoms. The number of aromatic nitrogens is 3. The molecule has 7 heteroatoms. The number of nitrogens with one attached hydrogen (secondary N) is 1. The standard InChI is InChI=1S/C20H27ClN4OS/c1-27-20-24-23-18(25(20)17-5-2-3-6-17)7-4-14-22-19(26)13-10-15-8-11-16(21)12-9-15/h8-9,11-12,17H,2-7,10,13-14H2,1H3,(H,22,26). The average Bonchev–Trinajstić information content (AvgIpc) is 3.33. The molecular formula is C20H27ClN4OS. The van der Waals surface area contributed by atoms with E-state index in [1.54, 1.807) is 11.8 Å². The van der Waals surface area contributed by atoms with E-state index >= 15 is 0 Å². The van der Waals surface area contributed by atoms with Gasteiger partial charge in [0.1, 0.15) is 5.82 Å². The predicted octanol–water partition coefficient (Wildman–Crippen LogP) is 4.45. The highest BCUT2D eigenvalue weighted by molar-refractivity contribution is 7.98. The maximum absolute atomic E-state index is 12.0. The van der Waals surface area contributed by atoms with Crippen LogP contribution in [0, 0.1) is 0 Å². The van der Waals surface area contributed by atoms with Gasteiger partial charge in [0.05, 0.1) is 0 Å². The van der Waals surface area contributed by atoms with Crippen LogP contribution in [0.2, 0.25) is 5.02 Å². The van der Waals surface area contributed by atoms with Crippen LogP contribution in [0.4, 0.5) is 0 Å². The second-order valence-corrected chi connectivity index (χ2v) is 8.20. The van der Waals surface area contributed by atoms with Crippen molar-refractivity contribution in [3.8, 4) is 0 Å². The first-order valence-electron chi connectivity index (χ1n) is 9.66. The number of thioether (sulfide) groups is 1. The van der Waals surface area contributed by atoms with E-state index in [-0.39, 0.29) is 5.91 Å². The minimum Gasteiger partial charge on any atom is -0.356 e. The van der Waals surface area contributed by atoms with Gasteiger partial charge in [0.25, 0.3) is 0 Å². The van der Waals surface area contributed by atoms with E-state index in [0.29, 0.717) is 19.0 Å². The summed E-state index contributed by atoms with van der Waals surface area (Å²) < 4.78 is 2.33. The number of hydrogen-bond acceptors (Lipinski definition) is 4. The molecule has 0 unspecified atom stereocenters. The maximum atomic E-state index is 12.0. The molecule has 1 saturated carbocycles. The summed E-state index contributed by atoms with van der Waals surface area (Å²) in [6.07, 6.45) is 10.0. The number of hydrogen-bond donors (Lipinski definition) is 1. The molecule has 1 aromatic heterocycles. The summed E-state index contributed by atoms with van der Waals surface area (Å²) in [5, 5.41) is 13.5. The van der Waals surface area contributed by atoms with Gasteiger partial charge < -0.3 is 9.88 Å². The van der Waals surface area contributed by atoms with E-state index in [4.69, 9.17) is 11.6 Å². The fraction of sp³-hybridized carbons (Fsp3) is 0.550. The highest BCUT2D eigenvalue weighted by Gasteiger charge is 2.23. The molecule has 5 nitrogen and oxygen atoms in total. The largest absolute Gasteiger partial charge is 0.356 e. The van der Waals surface area contributed by atoms with Crippen LogP contribution in [-0.2, 0) is 17.6 Å².